The third kappa shape index (κ3) is 3.03. The normalized spacial score (nSPS) is 17.6. The van der Waals surface area contributed by atoms with Crippen LogP contribution in [0.3, 0.4) is 0 Å². The Labute approximate surface area is 263 Å². The van der Waals surface area contributed by atoms with Crippen molar-refractivity contribution < 1.29 is 4.74 Å². The number of rotatable bonds is 1. The molecule has 1 aliphatic heterocycles. The molecule has 0 bridgehead atoms. The third-order valence-electron chi connectivity index (χ3n) is 10.7. The van der Waals surface area contributed by atoms with Gasteiger partial charge in [-0.25, -0.2) is 0 Å². The highest BCUT2D eigenvalue weighted by Crippen LogP contribution is 2.63. The van der Waals surface area contributed by atoms with Crippen molar-refractivity contribution in [3.63, 3.8) is 0 Å². The molecule has 0 radical (unpaired) electrons. The van der Waals surface area contributed by atoms with Crippen LogP contribution >= 0.6 is 0 Å². The lowest BCUT2D eigenvalue weighted by Gasteiger charge is -2.41. The van der Waals surface area contributed by atoms with E-state index in [0.717, 1.165) is 11.5 Å². The number of benzene rings is 7. The zero-order chi connectivity index (χ0) is 29.9. The van der Waals surface area contributed by atoms with E-state index in [1.165, 1.54) is 77.5 Å². The summed E-state index contributed by atoms with van der Waals surface area (Å²) < 4.78 is 6.64. The predicted octanol–water partition coefficient (Wildman–Crippen LogP) is 11.3. The summed E-state index contributed by atoms with van der Waals surface area (Å²) in [6.07, 6.45) is 0. The van der Waals surface area contributed by atoms with Crippen LogP contribution in [0.5, 0.6) is 11.5 Å². The summed E-state index contributed by atoms with van der Waals surface area (Å²) in [7, 11) is 0. The second-order valence-corrected chi connectivity index (χ2v) is 13.2. The molecular formula is C44H30O. The van der Waals surface area contributed by atoms with Gasteiger partial charge in [0.2, 0.25) is 0 Å². The lowest BCUT2D eigenvalue weighted by atomic mass is 9.60. The average Bonchev–Trinajstić information content (AvgIpc) is 3.38. The van der Waals surface area contributed by atoms with Gasteiger partial charge in [-0.1, -0.05) is 147 Å². The summed E-state index contributed by atoms with van der Waals surface area (Å²) in [6, 6.07) is 54.0. The van der Waals surface area contributed by atoms with Gasteiger partial charge in [0.15, 0.2) is 0 Å². The fourth-order valence-electron chi connectivity index (χ4n) is 8.85. The number of ether oxygens (including phenoxy) is 1. The molecule has 1 atom stereocenters. The molecule has 0 N–H and O–H groups in total. The van der Waals surface area contributed by atoms with Crippen LogP contribution in [0.4, 0.5) is 0 Å². The summed E-state index contributed by atoms with van der Waals surface area (Å²) in [5.74, 6) is 1.88. The minimum Gasteiger partial charge on any atom is -0.457 e. The van der Waals surface area contributed by atoms with Crippen LogP contribution < -0.4 is 4.74 Å². The van der Waals surface area contributed by atoms with Crippen LogP contribution in [0.25, 0.3) is 44.2 Å². The first kappa shape index (κ1) is 25.0. The van der Waals surface area contributed by atoms with E-state index in [1.54, 1.807) is 0 Å². The summed E-state index contributed by atoms with van der Waals surface area (Å²) in [5.41, 5.74) is 14.9. The Morgan fingerprint density at radius 3 is 1.78 bits per heavy atom. The number of para-hydroxylation sites is 1. The van der Waals surface area contributed by atoms with Crippen molar-refractivity contribution in [3.05, 3.63) is 179 Å². The summed E-state index contributed by atoms with van der Waals surface area (Å²) in [6.45, 7) is 4.60. The van der Waals surface area contributed by atoms with Gasteiger partial charge in [-0.2, -0.15) is 0 Å². The molecule has 7 aromatic carbocycles. The Balaban J connectivity index is 1.32. The molecule has 10 rings (SSSR count). The van der Waals surface area contributed by atoms with Crippen molar-refractivity contribution in [1.82, 2.24) is 0 Å². The van der Waals surface area contributed by atoms with Crippen molar-refractivity contribution in [3.8, 4) is 44.9 Å². The molecule has 45 heavy (non-hydrogen) atoms. The number of fused-ring (bicyclic) bond motifs is 11. The topological polar surface area (TPSA) is 9.23 Å². The van der Waals surface area contributed by atoms with Crippen LogP contribution in [0.15, 0.2) is 146 Å². The van der Waals surface area contributed by atoms with Crippen molar-refractivity contribution in [1.29, 1.82) is 0 Å². The molecular weight excluding hydrogens is 544 g/mol. The van der Waals surface area contributed by atoms with Gasteiger partial charge in [0.1, 0.15) is 11.5 Å². The maximum absolute atomic E-state index is 6.64. The highest BCUT2D eigenvalue weighted by molar-refractivity contribution is 6.08. The minimum atomic E-state index is -0.463. The molecule has 0 fully saturated rings. The molecule has 3 aliphatic rings. The predicted molar refractivity (Wildman–Crippen MR) is 184 cm³/mol. The van der Waals surface area contributed by atoms with E-state index in [4.69, 9.17) is 4.74 Å². The first-order valence-corrected chi connectivity index (χ1v) is 15.9. The fourth-order valence-corrected chi connectivity index (χ4v) is 8.85. The van der Waals surface area contributed by atoms with Crippen molar-refractivity contribution in [2.75, 3.05) is 0 Å². The molecule has 0 saturated carbocycles. The monoisotopic (exact) mass is 574 g/mol. The summed E-state index contributed by atoms with van der Waals surface area (Å²) >= 11 is 0. The van der Waals surface area contributed by atoms with Gasteiger partial charge >= 0.3 is 0 Å². The first-order chi connectivity index (χ1) is 22.1. The highest BCUT2D eigenvalue weighted by atomic mass is 16.5. The number of hydrogen-bond donors (Lipinski definition) is 0. The van der Waals surface area contributed by atoms with Crippen molar-refractivity contribution >= 4 is 10.8 Å². The molecule has 212 valence electrons. The van der Waals surface area contributed by atoms with Crippen LogP contribution in [0.2, 0.25) is 0 Å². The van der Waals surface area contributed by atoms with Crippen LogP contribution in [0.1, 0.15) is 47.2 Å². The van der Waals surface area contributed by atoms with Gasteiger partial charge in [-0.3, -0.25) is 0 Å². The van der Waals surface area contributed by atoms with E-state index in [2.05, 4.69) is 159 Å². The lowest BCUT2D eigenvalue weighted by molar-refractivity contribution is 0.418. The zero-order valence-corrected chi connectivity index (χ0v) is 25.3. The Kier molecular flexibility index (Phi) is 4.78. The minimum absolute atomic E-state index is 0.152. The molecule has 0 aromatic heterocycles. The van der Waals surface area contributed by atoms with E-state index in [-0.39, 0.29) is 5.41 Å². The maximum Gasteiger partial charge on any atom is 0.132 e. The largest absolute Gasteiger partial charge is 0.457 e. The number of hydrogen-bond acceptors (Lipinski definition) is 1. The van der Waals surface area contributed by atoms with E-state index in [0.29, 0.717) is 0 Å². The highest BCUT2D eigenvalue weighted by Gasteiger charge is 2.51. The van der Waals surface area contributed by atoms with Gasteiger partial charge in [-0.05, 0) is 78.5 Å². The quantitative estimate of drug-likeness (QED) is 0.189. The molecule has 1 nitrogen and oxygen atoms in total. The van der Waals surface area contributed by atoms with E-state index in [1.807, 2.05) is 0 Å². The van der Waals surface area contributed by atoms with Crippen LogP contribution in [0, 0.1) is 0 Å². The SMILES string of the molecule is CC1(C)c2ccccc2Oc2cc(-c3cccc4c3C3(c5ccccc5-4)c4ccccc4-c4cccc5cccc3c45)ccc21. The first-order valence-electron chi connectivity index (χ1n) is 15.9. The standard InChI is InChI=1S/C44H30O/c1-43(2)36-21-7-8-23-39(36)45-40-26-28(24-25-37(40)43)29-16-11-18-33-31-15-4-6-20-35(31)44(42(29)33)34-19-5-3-14-30(34)32-17-9-12-27-13-10-22-38(44)41(27)32/h3-26H,1-2H3. The molecule has 1 heterocycles. The molecule has 2 aliphatic carbocycles. The van der Waals surface area contributed by atoms with Gasteiger partial charge in [0.25, 0.3) is 0 Å². The Morgan fingerprint density at radius 1 is 0.422 bits per heavy atom. The van der Waals surface area contributed by atoms with E-state index >= 15 is 0 Å². The van der Waals surface area contributed by atoms with Crippen LogP contribution in [-0.4, -0.2) is 0 Å². The van der Waals surface area contributed by atoms with Gasteiger partial charge < -0.3 is 4.74 Å². The molecule has 1 unspecified atom stereocenters. The van der Waals surface area contributed by atoms with Crippen LogP contribution in [-0.2, 0) is 10.8 Å². The summed E-state index contributed by atoms with van der Waals surface area (Å²) in [4.78, 5) is 0. The smallest absolute Gasteiger partial charge is 0.132 e. The Bertz CT molecular complexity index is 2390. The third-order valence-corrected chi connectivity index (χ3v) is 10.7. The Hall–Kier alpha value is -5.40. The molecule has 0 amide bonds. The second-order valence-electron chi connectivity index (χ2n) is 13.2. The lowest BCUT2D eigenvalue weighted by Crippen LogP contribution is -2.32. The van der Waals surface area contributed by atoms with Gasteiger partial charge in [0.05, 0.1) is 5.41 Å². The van der Waals surface area contributed by atoms with Crippen molar-refractivity contribution in [2.45, 2.75) is 24.7 Å². The molecule has 1 spiro atoms. The van der Waals surface area contributed by atoms with Crippen molar-refractivity contribution in [2.24, 2.45) is 0 Å². The fraction of sp³-hybridized carbons (Fsp3) is 0.0909. The zero-order valence-electron chi connectivity index (χ0n) is 25.3. The maximum atomic E-state index is 6.64. The summed E-state index contributed by atoms with van der Waals surface area (Å²) in [5, 5.41) is 2.63. The Morgan fingerprint density at radius 2 is 0.978 bits per heavy atom. The van der Waals surface area contributed by atoms with Gasteiger partial charge in [-0.15, -0.1) is 0 Å². The molecule has 0 saturated heterocycles. The average molecular weight is 575 g/mol. The van der Waals surface area contributed by atoms with Gasteiger partial charge in [0, 0.05) is 16.5 Å². The molecule has 1 heteroatoms. The van der Waals surface area contributed by atoms with E-state index < -0.39 is 5.41 Å². The second kappa shape index (κ2) is 8.61. The van der Waals surface area contributed by atoms with E-state index in [9.17, 15) is 0 Å². The molecule has 7 aromatic rings.